The van der Waals surface area contributed by atoms with Crippen molar-refractivity contribution in [2.45, 2.75) is 25.6 Å². The van der Waals surface area contributed by atoms with E-state index in [9.17, 15) is 4.57 Å². The molecule has 5 heteroatoms. The van der Waals surface area contributed by atoms with Gasteiger partial charge in [-0.2, -0.15) is 0 Å². The van der Waals surface area contributed by atoms with E-state index in [0.29, 0.717) is 6.42 Å². The molecule has 0 aliphatic carbocycles. The number of aliphatic hydroxyl groups excluding tert-OH is 1. The number of hydrogen-bond acceptors (Lipinski definition) is 2. The molecule has 3 N–H and O–H groups in total. The Morgan fingerprint density at radius 1 is 1.56 bits per heavy atom. The van der Waals surface area contributed by atoms with Crippen molar-refractivity contribution in [1.29, 1.82) is 0 Å². The van der Waals surface area contributed by atoms with Gasteiger partial charge in [0.2, 0.25) is 0 Å². The molecule has 0 saturated carbocycles. The molecule has 0 aliphatic rings. The Kier molecular flexibility index (Phi) is 3.36. The van der Waals surface area contributed by atoms with Gasteiger partial charge in [0.05, 0.1) is 0 Å². The largest absolute Gasteiger partial charge is 0.380 e. The lowest BCUT2D eigenvalue weighted by Gasteiger charge is -2.09. The van der Waals surface area contributed by atoms with Crippen LogP contribution in [0.2, 0.25) is 0 Å². The molecule has 0 aromatic heterocycles. The molecule has 9 heavy (non-hydrogen) atoms. The summed E-state index contributed by atoms with van der Waals surface area (Å²) in [5.74, 6) is -1.47. The van der Waals surface area contributed by atoms with E-state index in [4.69, 9.17) is 14.9 Å². The molecule has 0 saturated heterocycles. The Labute approximate surface area is 53.7 Å². The maximum Gasteiger partial charge on any atom is 0.353 e. The van der Waals surface area contributed by atoms with E-state index in [2.05, 4.69) is 0 Å². The lowest BCUT2D eigenvalue weighted by atomic mass is 10.4. The first kappa shape index (κ1) is 9.11. The van der Waals surface area contributed by atoms with Gasteiger partial charge in [-0.25, -0.2) is 0 Å². The molecule has 0 fully saturated rings. The summed E-state index contributed by atoms with van der Waals surface area (Å²) in [5.41, 5.74) is 0. The minimum atomic E-state index is -4.22. The van der Waals surface area contributed by atoms with Crippen molar-refractivity contribution in [2.75, 3.05) is 0 Å². The summed E-state index contributed by atoms with van der Waals surface area (Å²) >= 11 is 0. The van der Waals surface area contributed by atoms with Crippen LogP contribution >= 0.6 is 7.60 Å². The third kappa shape index (κ3) is 3.65. The van der Waals surface area contributed by atoms with Crippen molar-refractivity contribution < 1.29 is 19.5 Å². The number of rotatable bonds is 3. The van der Waals surface area contributed by atoms with Crippen molar-refractivity contribution >= 4 is 7.60 Å². The maximum absolute atomic E-state index is 10.2. The number of aliphatic hydroxyl groups is 1. The Morgan fingerprint density at radius 2 is 2.00 bits per heavy atom. The molecule has 0 heterocycles. The molecule has 0 aromatic carbocycles. The van der Waals surface area contributed by atoms with Crippen molar-refractivity contribution in [3.63, 3.8) is 0 Å². The van der Waals surface area contributed by atoms with Crippen LogP contribution in [0.1, 0.15) is 19.8 Å². The highest BCUT2D eigenvalue weighted by molar-refractivity contribution is 7.52. The van der Waals surface area contributed by atoms with Crippen LogP contribution in [-0.2, 0) is 4.57 Å². The second-order valence-corrected chi connectivity index (χ2v) is 3.63. The predicted octanol–water partition coefficient (Wildman–Crippen LogP) is 0.283. The normalized spacial score (nSPS) is 15.6. The maximum atomic E-state index is 10.2. The van der Waals surface area contributed by atoms with Crippen LogP contribution in [0.3, 0.4) is 0 Å². The molecule has 1 unspecified atom stereocenters. The van der Waals surface area contributed by atoms with Crippen LogP contribution < -0.4 is 0 Å². The van der Waals surface area contributed by atoms with E-state index in [1.807, 2.05) is 0 Å². The molecule has 0 spiro atoms. The lowest BCUT2D eigenvalue weighted by Crippen LogP contribution is -2.05. The summed E-state index contributed by atoms with van der Waals surface area (Å²) in [6, 6.07) is 0. The van der Waals surface area contributed by atoms with Gasteiger partial charge in [-0.15, -0.1) is 0 Å². The zero-order chi connectivity index (χ0) is 7.49. The second kappa shape index (κ2) is 3.32. The van der Waals surface area contributed by atoms with E-state index in [-0.39, 0.29) is 6.42 Å². The van der Waals surface area contributed by atoms with Crippen LogP contribution in [0.25, 0.3) is 0 Å². The topological polar surface area (TPSA) is 77.8 Å². The SMILES string of the molecule is CCCC(O)P(=O)(O)O. The Bertz CT molecular complexity index is 118. The first-order valence-electron chi connectivity index (χ1n) is 2.71. The third-order valence-electron chi connectivity index (χ3n) is 0.935. The van der Waals surface area contributed by atoms with Crippen molar-refractivity contribution in [2.24, 2.45) is 0 Å². The average Bonchev–Trinajstić information content (AvgIpc) is 1.64. The third-order valence-corrected chi connectivity index (χ3v) is 1.97. The molecule has 0 aliphatic heterocycles. The first-order chi connectivity index (χ1) is 3.98. The molecule has 1 atom stereocenters. The van der Waals surface area contributed by atoms with Gasteiger partial charge in [-0.1, -0.05) is 13.3 Å². The van der Waals surface area contributed by atoms with Gasteiger partial charge >= 0.3 is 7.60 Å². The van der Waals surface area contributed by atoms with Gasteiger partial charge in [0.1, 0.15) is 0 Å². The molecule has 0 amide bonds. The zero-order valence-electron chi connectivity index (χ0n) is 5.19. The van der Waals surface area contributed by atoms with E-state index >= 15 is 0 Å². The highest BCUT2D eigenvalue weighted by Crippen LogP contribution is 2.41. The van der Waals surface area contributed by atoms with Crippen molar-refractivity contribution in [3.05, 3.63) is 0 Å². The molecule has 0 aromatic rings. The van der Waals surface area contributed by atoms with Gasteiger partial charge in [0.15, 0.2) is 5.85 Å². The monoisotopic (exact) mass is 154 g/mol. The first-order valence-corrected chi connectivity index (χ1v) is 4.40. The fourth-order valence-electron chi connectivity index (χ4n) is 0.426. The Hall–Kier alpha value is 0.110. The average molecular weight is 154 g/mol. The summed E-state index contributed by atoms with van der Waals surface area (Å²) in [6.45, 7) is 1.75. The van der Waals surface area contributed by atoms with Gasteiger partial charge in [0.25, 0.3) is 0 Å². The molecule has 4 nitrogen and oxygen atoms in total. The molecule has 0 radical (unpaired) electrons. The lowest BCUT2D eigenvalue weighted by molar-refractivity contribution is 0.193. The molecule has 0 bridgehead atoms. The van der Waals surface area contributed by atoms with Crippen LogP contribution in [0.4, 0.5) is 0 Å². The smallest absolute Gasteiger partial charge is 0.353 e. The standard InChI is InChI=1S/C4H11O4P/c1-2-3-4(5)9(6,7)8/h4-5H,2-3H2,1H3,(H2,6,7,8). The van der Waals surface area contributed by atoms with E-state index < -0.39 is 13.4 Å². The Morgan fingerprint density at radius 3 is 2.11 bits per heavy atom. The van der Waals surface area contributed by atoms with Crippen LogP contribution in [0.15, 0.2) is 0 Å². The highest BCUT2D eigenvalue weighted by atomic mass is 31.2. The minimum Gasteiger partial charge on any atom is -0.380 e. The van der Waals surface area contributed by atoms with Crippen molar-refractivity contribution in [1.82, 2.24) is 0 Å². The van der Waals surface area contributed by atoms with E-state index in [1.54, 1.807) is 6.92 Å². The summed E-state index contributed by atoms with van der Waals surface area (Å²) in [5, 5.41) is 8.62. The predicted molar refractivity (Wildman–Crippen MR) is 33.0 cm³/mol. The summed E-state index contributed by atoms with van der Waals surface area (Å²) in [4.78, 5) is 16.6. The molecular formula is C4H11O4P. The fourth-order valence-corrected chi connectivity index (χ4v) is 1.02. The molecule has 0 rings (SSSR count). The summed E-state index contributed by atoms with van der Waals surface area (Å²) in [7, 11) is -4.22. The van der Waals surface area contributed by atoms with Gasteiger partial charge in [-0.3, -0.25) is 4.57 Å². The highest BCUT2D eigenvalue weighted by Gasteiger charge is 2.24. The van der Waals surface area contributed by atoms with Crippen LogP contribution in [0, 0.1) is 0 Å². The van der Waals surface area contributed by atoms with Crippen LogP contribution in [0.5, 0.6) is 0 Å². The second-order valence-electron chi connectivity index (χ2n) is 1.86. The summed E-state index contributed by atoms with van der Waals surface area (Å²) < 4.78 is 10.2. The zero-order valence-corrected chi connectivity index (χ0v) is 6.08. The molecular weight excluding hydrogens is 143 g/mol. The Balaban J connectivity index is 3.74. The summed E-state index contributed by atoms with van der Waals surface area (Å²) in [6.07, 6.45) is 0.733. The van der Waals surface area contributed by atoms with Crippen molar-refractivity contribution in [3.8, 4) is 0 Å². The quantitative estimate of drug-likeness (QED) is 0.510. The van der Waals surface area contributed by atoms with Gasteiger partial charge in [-0.05, 0) is 6.42 Å². The van der Waals surface area contributed by atoms with Crippen LogP contribution in [-0.4, -0.2) is 20.7 Å². The minimum absolute atomic E-state index is 0.157. The van der Waals surface area contributed by atoms with Gasteiger partial charge < -0.3 is 14.9 Å². The molecule has 56 valence electrons. The number of hydrogen-bond donors (Lipinski definition) is 3. The fraction of sp³-hybridized carbons (Fsp3) is 1.00. The van der Waals surface area contributed by atoms with Gasteiger partial charge in [0, 0.05) is 0 Å². The van der Waals surface area contributed by atoms with E-state index in [0.717, 1.165) is 0 Å². The van der Waals surface area contributed by atoms with E-state index in [1.165, 1.54) is 0 Å².